The molecule has 2 nitrogen and oxygen atoms in total. The van der Waals surface area contributed by atoms with Crippen molar-refractivity contribution in [2.75, 3.05) is 12.9 Å². The normalized spacial score (nSPS) is 10.5. The Morgan fingerprint density at radius 3 is 2.64 bits per heavy atom. The topological polar surface area (TPSA) is 40.5 Å². The third-order valence-electron chi connectivity index (χ3n) is 2.20. The molecular weight excluding hydrogens is 196 g/mol. The van der Waals surface area contributed by atoms with Gasteiger partial charge in [0.15, 0.2) is 0 Å². The van der Waals surface area contributed by atoms with Crippen LogP contribution in [0.15, 0.2) is 17.0 Å². The number of rotatable bonds is 4. The van der Waals surface area contributed by atoms with Crippen molar-refractivity contribution >= 4 is 11.8 Å². The molecule has 3 heteroatoms. The number of thioether (sulfide) groups is 1. The maximum absolute atomic E-state index is 9.55. The minimum Gasteiger partial charge on any atom is -0.508 e. The maximum Gasteiger partial charge on any atom is 0.118 e. The average Bonchev–Trinajstić information content (AvgIpc) is 2.19. The summed E-state index contributed by atoms with van der Waals surface area (Å²) < 4.78 is 0. The minimum atomic E-state index is 0.197. The van der Waals surface area contributed by atoms with E-state index in [0.29, 0.717) is 5.75 Å². The third kappa shape index (κ3) is 2.66. The third-order valence-corrected chi connectivity index (χ3v) is 3.02. The van der Waals surface area contributed by atoms with E-state index in [1.165, 1.54) is 4.90 Å². The number of aliphatic hydroxyl groups excluding tert-OH is 1. The van der Waals surface area contributed by atoms with Gasteiger partial charge in [0.25, 0.3) is 0 Å². The van der Waals surface area contributed by atoms with Crippen LogP contribution in [0.25, 0.3) is 0 Å². The molecule has 1 aromatic rings. The maximum atomic E-state index is 9.55. The number of hydrogen-bond donors (Lipinski definition) is 2. The van der Waals surface area contributed by atoms with Crippen LogP contribution in [0.4, 0.5) is 0 Å². The van der Waals surface area contributed by atoms with Crippen molar-refractivity contribution in [3.05, 3.63) is 23.3 Å². The molecule has 0 heterocycles. The molecule has 78 valence electrons. The summed E-state index contributed by atoms with van der Waals surface area (Å²) in [6.45, 7) is 2.09. The summed E-state index contributed by atoms with van der Waals surface area (Å²) in [7, 11) is 0. The molecule has 0 amide bonds. The highest BCUT2D eigenvalue weighted by molar-refractivity contribution is 7.98. The van der Waals surface area contributed by atoms with Gasteiger partial charge in [0, 0.05) is 11.5 Å². The van der Waals surface area contributed by atoms with E-state index < -0.39 is 0 Å². The van der Waals surface area contributed by atoms with Crippen LogP contribution in [0, 0.1) is 6.92 Å². The van der Waals surface area contributed by atoms with Crippen LogP contribution in [-0.2, 0) is 6.42 Å². The van der Waals surface area contributed by atoms with Gasteiger partial charge >= 0.3 is 0 Å². The molecule has 1 aromatic carbocycles. The Hall–Kier alpha value is -0.670. The fraction of sp³-hybridized carbons (Fsp3) is 0.455. The number of phenols is 1. The van der Waals surface area contributed by atoms with Gasteiger partial charge in [-0.15, -0.1) is 11.8 Å². The Labute approximate surface area is 89.0 Å². The standard InChI is InChI=1S/C11H16O2S/c1-8-6-11(14-2)9(4-3-5-12)7-10(8)13/h6-7,12-13H,3-5H2,1-2H3. The van der Waals surface area contributed by atoms with E-state index in [2.05, 4.69) is 0 Å². The molecule has 2 N–H and O–H groups in total. The summed E-state index contributed by atoms with van der Waals surface area (Å²) >= 11 is 1.68. The quantitative estimate of drug-likeness (QED) is 0.753. The fourth-order valence-electron chi connectivity index (χ4n) is 1.37. The van der Waals surface area contributed by atoms with E-state index in [4.69, 9.17) is 5.11 Å². The van der Waals surface area contributed by atoms with Gasteiger partial charge in [-0.3, -0.25) is 0 Å². The fourth-order valence-corrected chi connectivity index (χ4v) is 2.09. The van der Waals surface area contributed by atoms with Crippen molar-refractivity contribution in [3.63, 3.8) is 0 Å². The first-order valence-electron chi connectivity index (χ1n) is 4.66. The van der Waals surface area contributed by atoms with E-state index in [9.17, 15) is 5.11 Å². The van der Waals surface area contributed by atoms with E-state index in [-0.39, 0.29) is 6.61 Å². The number of aromatic hydroxyl groups is 1. The second kappa shape index (κ2) is 5.27. The summed E-state index contributed by atoms with van der Waals surface area (Å²) in [5.74, 6) is 0.343. The minimum absolute atomic E-state index is 0.197. The lowest BCUT2D eigenvalue weighted by Crippen LogP contribution is -1.93. The van der Waals surface area contributed by atoms with Crippen molar-refractivity contribution in [2.45, 2.75) is 24.7 Å². The predicted octanol–water partition coefficient (Wildman–Crippen LogP) is 2.35. The van der Waals surface area contributed by atoms with Gasteiger partial charge in [0.05, 0.1) is 0 Å². The Bertz CT molecular complexity index is 310. The summed E-state index contributed by atoms with van der Waals surface area (Å²) in [6.07, 6.45) is 3.59. The molecule has 0 aliphatic heterocycles. The second-order valence-electron chi connectivity index (χ2n) is 3.28. The molecule has 0 atom stereocenters. The molecule has 0 radical (unpaired) electrons. The van der Waals surface area contributed by atoms with Crippen molar-refractivity contribution in [2.24, 2.45) is 0 Å². The van der Waals surface area contributed by atoms with Crippen LogP contribution < -0.4 is 0 Å². The molecule has 0 aromatic heterocycles. The van der Waals surface area contributed by atoms with Gasteiger partial charge < -0.3 is 10.2 Å². The first-order chi connectivity index (χ1) is 6.69. The highest BCUT2D eigenvalue weighted by atomic mass is 32.2. The van der Waals surface area contributed by atoms with Crippen LogP contribution in [0.5, 0.6) is 5.75 Å². The van der Waals surface area contributed by atoms with Crippen LogP contribution >= 0.6 is 11.8 Å². The first kappa shape index (κ1) is 11.4. The lowest BCUT2D eigenvalue weighted by atomic mass is 10.1. The molecule has 1 rings (SSSR count). The zero-order valence-electron chi connectivity index (χ0n) is 8.58. The predicted molar refractivity (Wildman–Crippen MR) is 60.0 cm³/mol. The SMILES string of the molecule is CSc1cc(C)c(O)cc1CCCO. The molecule has 0 spiro atoms. The summed E-state index contributed by atoms with van der Waals surface area (Å²) in [4.78, 5) is 1.19. The Balaban J connectivity index is 2.95. The van der Waals surface area contributed by atoms with Gasteiger partial charge in [-0.1, -0.05) is 0 Å². The Morgan fingerprint density at radius 1 is 1.36 bits per heavy atom. The average molecular weight is 212 g/mol. The van der Waals surface area contributed by atoms with Crippen molar-refractivity contribution in [1.29, 1.82) is 0 Å². The lowest BCUT2D eigenvalue weighted by molar-refractivity contribution is 0.288. The number of aryl methyl sites for hydroxylation is 2. The second-order valence-corrected chi connectivity index (χ2v) is 4.13. The number of phenolic OH excluding ortho intramolecular Hbond substituents is 1. The van der Waals surface area contributed by atoms with Crippen LogP contribution in [0.2, 0.25) is 0 Å². The molecular formula is C11H16O2S. The number of hydrogen-bond acceptors (Lipinski definition) is 3. The molecule has 0 unspecified atom stereocenters. The van der Waals surface area contributed by atoms with E-state index in [1.54, 1.807) is 17.8 Å². The van der Waals surface area contributed by atoms with Gasteiger partial charge in [0.2, 0.25) is 0 Å². The smallest absolute Gasteiger partial charge is 0.118 e. The molecule has 0 saturated carbocycles. The van der Waals surface area contributed by atoms with Gasteiger partial charge in [-0.2, -0.15) is 0 Å². The summed E-state index contributed by atoms with van der Waals surface area (Å²) in [5, 5.41) is 18.3. The van der Waals surface area contributed by atoms with Crippen molar-refractivity contribution in [1.82, 2.24) is 0 Å². The van der Waals surface area contributed by atoms with E-state index >= 15 is 0 Å². The first-order valence-corrected chi connectivity index (χ1v) is 5.89. The Kier molecular flexibility index (Phi) is 4.29. The highest BCUT2D eigenvalue weighted by Gasteiger charge is 2.05. The van der Waals surface area contributed by atoms with Crippen LogP contribution in [0.1, 0.15) is 17.5 Å². The van der Waals surface area contributed by atoms with E-state index in [0.717, 1.165) is 24.0 Å². The molecule has 0 fully saturated rings. The molecule has 0 saturated heterocycles. The lowest BCUT2D eigenvalue weighted by Gasteiger charge is -2.09. The summed E-state index contributed by atoms with van der Waals surface area (Å²) in [6, 6.07) is 3.80. The van der Waals surface area contributed by atoms with E-state index in [1.807, 2.05) is 19.2 Å². The largest absolute Gasteiger partial charge is 0.508 e. The van der Waals surface area contributed by atoms with Gasteiger partial charge in [0.1, 0.15) is 5.75 Å². The summed E-state index contributed by atoms with van der Waals surface area (Å²) in [5.41, 5.74) is 2.02. The van der Waals surface area contributed by atoms with Gasteiger partial charge in [-0.05, 0) is 49.3 Å². The highest BCUT2D eigenvalue weighted by Crippen LogP contribution is 2.28. The molecule has 0 aliphatic rings. The van der Waals surface area contributed by atoms with Gasteiger partial charge in [-0.25, -0.2) is 0 Å². The number of benzene rings is 1. The molecule has 14 heavy (non-hydrogen) atoms. The monoisotopic (exact) mass is 212 g/mol. The van der Waals surface area contributed by atoms with Crippen LogP contribution in [-0.4, -0.2) is 23.1 Å². The Morgan fingerprint density at radius 2 is 2.07 bits per heavy atom. The zero-order chi connectivity index (χ0) is 10.6. The zero-order valence-corrected chi connectivity index (χ0v) is 9.40. The molecule has 0 bridgehead atoms. The number of aliphatic hydroxyl groups is 1. The van der Waals surface area contributed by atoms with Crippen LogP contribution in [0.3, 0.4) is 0 Å². The molecule has 0 aliphatic carbocycles. The van der Waals surface area contributed by atoms with Crippen molar-refractivity contribution in [3.8, 4) is 5.75 Å². The van der Waals surface area contributed by atoms with Crippen molar-refractivity contribution < 1.29 is 10.2 Å².